The van der Waals surface area contributed by atoms with Crippen molar-refractivity contribution in [3.8, 4) is 0 Å². The van der Waals surface area contributed by atoms with E-state index in [-0.39, 0.29) is 17.7 Å². The van der Waals surface area contributed by atoms with Gasteiger partial charge in [-0.1, -0.05) is 12.1 Å². The first-order chi connectivity index (χ1) is 11.9. The van der Waals surface area contributed by atoms with Gasteiger partial charge < -0.3 is 9.80 Å². The van der Waals surface area contributed by atoms with Crippen LogP contribution in [-0.4, -0.2) is 47.9 Å². The van der Waals surface area contributed by atoms with E-state index in [1.165, 1.54) is 4.90 Å². The van der Waals surface area contributed by atoms with Crippen molar-refractivity contribution in [1.29, 1.82) is 0 Å². The monoisotopic (exact) mass is 299 g/mol. The van der Waals surface area contributed by atoms with Crippen LogP contribution in [0.25, 0.3) is 0 Å². The molecule has 4 heterocycles. The molecule has 3 fully saturated rings. The Labute approximate surface area is 136 Å². The van der Waals surface area contributed by atoms with Crippen molar-refractivity contribution >= 4 is 5.91 Å². The molecule has 5 aliphatic rings. The molecule has 116 valence electrons. The first kappa shape index (κ1) is 10.4. The van der Waals surface area contributed by atoms with Gasteiger partial charge in [0.15, 0.2) is 0 Å². The highest BCUT2D eigenvalue weighted by atomic mass is 16.2. The Morgan fingerprint density at radius 1 is 1.23 bits per heavy atom. The van der Waals surface area contributed by atoms with E-state index < -0.39 is 12.5 Å². The molecular weight excluding hydrogens is 272 g/mol. The number of carbonyl (C=O) groups excluding carboxylic acids is 1. The molecule has 4 aliphatic heterocycles. The van der Waals surface area contributed by atoms with Gasteiger partial charge in [0.05, 0.1) is 4.11 Å². The molecule has 22 heavy (non-hydrogen) atoms. The number of aryl methyl sites for hydroxylation is 1. The topological polar surface area (TPSA) is 23.6 Å². The van der Waals surface area contributed by atoms with Gasteiger partial charge in [-0.3, -0.25) is 4.79 Å². The molecule has 0 aromatic heterocycles. The highest BCUT2D eigenvalue weighted by molar-refractivity contribution is 5.97. The summed E-state index contributed by atoms with van der Waals surface area (Å²) in [5.74, 6) is -0.503. The third-order valence-corrected chi connectivity index (χ3v) is 5.93. The molecule has 2 bridgehead atoms. The zero-order valence-corrected chi connectivity index (χ0v) is 12.8. The van der Waals surface area contributed by atoms with E-state index in [2.05, 4.69) is 4.90 Å². The lowest BCUT2D eigenvalue weighted by molar-refractivity contribution is 0.00258. The number of fused-ring (bicyclic) bond motifs is 3. The molecule has 3 heteroatoms. The van der Waals surface area contributed by atoms with E-state index in [1.807, 2.05) is 18.2 Å². The fourth-order valence-corrected chi connectivity index (χ4v) is 4.78. The van der Waals surface area contributed by atoms with Crippen molar-refractivity contribution in [2.75, 3.05) is 26.1 Å². The van der Waals surface area contributed by atoms with Crippen LogP contribution in [0.2, 0.25) is 0 Å². The molecule has 0 radical (unpaired) electrons. The van der Waals surface area contributed by atoms with E-state index >= 15 is 0 Å². The van der Waals surface area contributed by atoms with Crippen molar-refractivity contribution in [1.82, 2.24) is 9.80 Å². The summed E-state index contributed by atoms with van der Waals surface area (Å²) in [7, 11) is 0. The Kier molecular flexibility index (Phi) is 2.29. The Morgan fingerprint density at radius 2 is 2.09 bits per heavy atom. The Hall–Kier alpha value is -1.35. The summed E-state index contributed by atoms with van der Waals surface area (Å²) in [5, 5.41) is 0. The van der Waals surface area contributed by atoms with E-state index in [0.717, 1.165) is 56.3 Å². The normalized spacial score (nSPS) is 44.0. The number of piperidine rings is 3. The van der Waals surface area contributed by atoms with E-state index in [1.54, 1.807) is 0 Å². The molecule has 0 spiro atoms. The minimum absolute atomic E-state index is 0.0739. The molecule has 3 nitrogen and oxygen atoms in total. The van der Waals surface area contributed by atoms with Gasteiger partial charge in [-0.05, 0) is 68.3 Å². The van der Waals surface area contributed by atoms with E-state index in [4.69, 9.17) is 2.74 Å². The molecule has 1 aromatic carbocycles. The molecule has 0 unspecified atom stereocenters. The van der Waals surface area contributed by atoms with Crippen LogP contribution in [0.15, 0.2) is 18.2 Å². The molecule has 2 atom stereocenters. The van der Waals surface area contributed by atoms with Gasteiger partial charge in [0.25, 0.3) is 5.91 Å². The van der Waals surface area contributed by atoms with Crippen LogP contribution in [-0.2, 0) is 6.42 Å². The van der Waals surface area contributed by atoms with Gasteiger partial charge in [-0.2, -0.15) is 0 Å². The van der Waals surface area contributed by atoms with Gasteiger partial charge in [-0.25, -0.2) is 0 Å². The minimum atomic E-state index is -1.79. The van der Waals surface area contributed by atoms with Crippen molar-refractivity contribution in [2.24, 2.45) is 5.92 Å². The summed E-state index contributed by atoms with van der Waals surface area (Å²) in [6.45, 7) is 0.632. The molecular formula is C19H24N2O. The summed E-state index contributed by atoms with van der Waals surface area (Å²) in [6.07, 6.45) is 4.40. The van der Waals surface area contributed by atoms with Crippen molar-refractivity contribution in [2.45, 2.75) is 44.0 Å². The molecule has 0 N–H and O–H groups in total. The van der Waals surface area contributed by atoms with Gasteiger partial charge in [0, 0.05) is 30.5 Å². The lowest BCUT2D eigenvalue weighted by atomic mass is 9.75. The molecule has 0 saturated carbocycles. The molecule has 3 saturated heterocycles. The molecule has 6 rings (SSSR count). The van der Waals surface area contributed by atoms with Gasteiger partial charge >= 0.3 is 0 Å². The summed E-state index contributed by atoms with van der Waals surface area (Å²) in [4.78, 5) is 17.0. The summed E-state index contributed by atoms with van der Waals surface area (Å²) >= 11 is 0. The van der Waals surface area contributed by atoms with Crippen LogP contribution >= 0.6 is 0 Å². The number of carbonyl (C=O) groups is 1. The highest BCUT2D eigenvalue weighted by Gasteiger charge is 2.43. The first-order valence-corrected chi connectivity index (χ1v) is 8.62. The van der Waals surface area contributed by atoms with Crippen molar-refractivity contribution < 1.29 is 8.91 Å². The number of benzene rings is 1. The lowest BCUT2D eigenvalue weighted by Crippen LogP contribution is -2.60. The predicted octanol–water partition coefficient (Wildman–Crippen LogP) is 2.66. The van der Waals surface area contributed by atoms with Crippen molar-refractivity contribution in [3.05, 3.63) is 34.9 Å². The third kappa shape index (κ3) is 1.81. The van der Waals surface area contributed by atoms with Crippen LogP contribution in [0.5, 0.6) is 0 Å². The summed E-state index contributed by atoms with van der Waals surface area (Å²) in [5.41, 5.74) is 2.68. The number of nitrogens with zero attached hydrogens (tertiary/aromatic N) is 2. The maximum Gasteiger partial charge on any atom is 0.254 e. The number of hydrogen-bond acceptors (Lipinski definition) is 2. The second-order valence-corrected chi connectivity index (χ2v) is 7.13. The Balaban J connectivity index is 1.67. The number of amides is 1. The maximum atomic E-state index is 13.4. The average molecular weight is 299 g/mol. The second kappa shape index (κ2) is 4.82. The van der Waals surface area contributed by atoms with Gasteiger partial charge in [-0.15, -0.1) is 0 Å². The van der Waals surface area contributed by atoms with Crippen LogP contribution < -0.4 is 0 Å². The van der Waals surface area contributed by atoms with Crippen LogP contribution in [0.1, 0.15) is 57.2 Å². The molecule has 1 aliphatic carbocycles. The zero-order valence-electron chi connectivity index (χ0n) is 15.8. The van der Waals surface area contributed by atoms with Crippen LogP contribution in [0.3, 0.4) is 0 Å². The summed E-state index contributed by atoms with van der Waals surface area (Å²) in [6, 6.07) is 4.64. The average Bonchev–Trinajstić information content (AvgIpc) is 2.60. The van der Waals surface area contributed by atoms with Crippen molar-refractivity contribution in [3.63, 3.8) is 0 Å². The quantitative estimate of drug-likeness (QED) is 0.796. The van der Waals surface area contributed by atoms with Crippen LogP contribution in [0.4, 0.5) is 0 Å². The Bertz CT molecular complexity index is 744. The second-order valence-electron chi connectivity index (χ2n) is 7.13. The minimum Gasteiger partial charge on any atom is -0.333 e. The Morgan fingerprint density at radius 3 is 2.86 bits per heavy atom. The fraction of sp³-hybridized carbons (Fsp3) is 0.632. The first-order valence-electron chi connectivity index (χ1n) is 10.1. The number of rotatable bonds is 1. The highest BCUT2D eigenvalue weighted by Crippen LogP contribution is 2.41. The maximum absolute atomic E-state index is 13.4. The fourth-order valence-electron chi connectivity index (χ4n) is 4.78. The SMILES string of the molecule is [2H]C1([2H])[C@@H]2CCCc3cccc(c32)C(=O)N1[C@@]1([2H])CN2CCC1CC2. The predicted molar refractivity (Wildman–Crippen MR) is 86.1 cm³/mol. The number of hydrogen-bond donors (Lipinski definition) is 0. The molecule has 1 amide bonds. The van der Waals surface area contributed by atoms with E-state index in [9.17, 15) is 6.17 Å². The lowest BCUT2D eigenvalue weighted by Gasteiger charge is -2.51. The smallest absolute Gasteiger partial charge is 0.254 e. The largest absolute Gasteiger partial charge is 0.333 e. The van der Waals surface area contributed by atoms with E-state index in [0.29, 0.717) is 12.1 Å². The van der Waals surface area contributed by atoms with Gasteiger partial charge in [0.2, 0.25) is 0 Å². The standard InChI is InChI=1S/C19H24N2O/c22-19-16-6-2-4-14-3-1-5-15(18(14)16)11-21(19)17-12-20-9-7-13(17)8-10-20/h2,4,6,13,15,17H,1,3,5,7-12H2/t15-,17-/m0/s1/i11D2,17D. The summed E-state index contributed by atoms with van der Waals surface area (Å²) < 4.78 is 27.0. The third-order valence-electron chi connectivity index (χ3n) is 5.93. The molecule has 1 aromatic rings. The van der Waals surface area contributed by atoms with Crippen LogP contribution in [0, 0.1) is 5.92 Å². The van der Waals surface area contributed by atoms with Gasteiger partial charge in [0.1, 0.15) is 0 Å². The zero-order chi connectivity index (χ0) is 17.4.